The van der Waals surface area contributed by atoms with Gasteiger partial charge in [0.25, 0.3) is 0 Å². The van der Waals surface area contributed by atoms with Gasteiger partial charge in [0.15, 0.2) is 5.78 Å². The summed E-state index contributed by atoms with van der Waals surface area (Å²) in [6.45, 7) is 4.48. The number of oxazole rings is 1. The Morgan fingerprint density at radius 3 is 2.62 bits per heavy atom. The molecule has 2 heterocycles. The standard InChI is InChI=1S/C22H23NO5S/c1-3-12-26-17-8-6-16(7-9-17)19(24)10-11-21(25)27-14-18-15(2)28-22(23-18)20-5-4-13-29-20/h4-9,13H,3,10-12,14H2,1-2H3. The van der Waals surface area contributed by atoms with Crippen molar-refractivity contribution in [3.05, 3.63) is 58.8 Å². The molecule has 0 spiro atoms. The highest BCUT2D eigenvalue weighted by Crippen LogP contribution is 2.26. The number of ketones is 1. The Kier molecular flexibility index (Phi) is 7.19. The van der Waals surface area contributed by atoms with Crippen LogP contribution in [0.4, 0.5) is 0 Å². The number of Topliss-reactive ketones (excluding diaryl/α,β-unsaturated/α-hetero) is 1. The van der Waals surface area contributed by atoms with Crippen molar-refractivity contribution < 1.29 is 23.5 Å². The van der Waals surface area contributed by atoms with E-state index in [0.717, 1.165) is 17.0 Å². The number of carbonyl (C=O) groups is 2. The molecule has 0 saturated heterocycles. The van der Waals surface area contributed by atoms with Gasteiger partial charge in [0.05, 0.1) is 17.9 Å². The fourth-order valence-corrected chi connectivity index (χ4v) is 3.25. The zero-order valence-corrected chi connectivity index (χ0v) is 17.3. The first-order chi connectivity index (χ1) is 14.1. The van der Waals surface area contributed by atoms with Crippen molar-refractivity contribution in [2.45, 2.75) is 39.7 Å². The van der Waals surface area contributed by atoms with Gasteiger partial charge >= 0.3 is 5.97 Å². The maximum absolute atomic E-state index is 12.3. The van der Waals surface area contributed by atoms with Crippen molar-refractivity contribution in [2.24, 2.45) is 0 Å². The van der Waals surface area contributed by atoms with Crippen molar-refractivity contribution >= 4 is 23.1 Å². The number of hydrogen-bond acceptors (Lipinski definition) is 7. The zero-order chi connectivity index (χ0) is 20.6. The second-order valence-electron chi connectivity index (χ2n) is 6.46. The highest BCUT2D eigenvalue weighted by atomic mass is 32.1. The summed E-state index contributed by atoms with van der Waals surface area (Å²) >= 11 is 1.53. The molecule has 0 aliphatic heterocycles. The van der Waals surface area contributed by atoms with Crippen LogP contribution < -0.4 is 4.74 Å². The van der Waals surface area contributed by atoms with Crippen LogP contribution in [0.1, 0.15) is 48.0 Å². The molecule has 7 heteroatoms. The second kappa shape index (κ2) is 10.0. The lowest BCUT2D eigenvalue weighted by molar-refractivity contribution is -0.145. The molecule has 0 amide bonds. The Labute approximate surface area is 173 Å². The van der Waals surface area contributed by atoms with E-state index in [1.807, 2.05) is 24.4 Å². The summed E-state index contributed by atoms with van der Waals surface area (Å²) in [4.78, 5) is 29.6. The van der Waals surface area contributed by atoms with Crippen LogP contribution in [0.5, 0.6) is 5.75 Å². The molecular formula is C22H23NO5S. The van der Waals surface area contributed by atoms with E-state index < -0.39 is 5.97 Å². The van der Waals surface area contributed by atoms with Crippen LogP contribution in [0.3, 0.4) is 0 Å². The van der Waals surface area contributed by atoms with E-state index >= 15 is 0 Å². The third-order valence-electron chi connectivity index (χ3n) is 4.20. The van der Waals surface area contributed by atoms with Crippen LogP contribution in [-0.4, -0.2) is 23.3 Å². The molecule has 0 bridgehead atoms. The van der Waals surface area contributed by atoms with Crippen molar-refractivity contribution in [2.75, 3.05) is 6.61 Å². The minimum Gasteiger partial charge on any atom is -0.494 e. The van der Waals surface area contributed by atoms with E-state index in [1.54, 1.807) is 31.2 Å². The monoisotopic (exact) mass is 413 g/mol. The van der Waals surface area contributed by atoms with E-state index in [4.69, 9.17) is 13.9 Å². The van der Waals surface area contributed by atoms with Crippen LogP contribution in [-0.2, 0) is 16.1 Å². The maximum atomic E-state index is 12.3. The van der Waals surface area contributed by atoms with Gasteiger partial charge in [-0.2, -0.15) is 0 Å². The third kappa shape index (κ3) is 5.77. The number of rotatable bonds is 10. The van der Waals surface area contributed by atoms with Gasteiger partial charge in [0.2, 0.25) is 5.89 Å². The Morgan fingerprint density at radius 2 is 1.93 bits per heavy atom. The summed E-state index contributed by atoms with van der Waals surface area (Å²) in [6, 6.07) is 10.8. The molecule has 152 valence electrons. The zero-order valence-electron chi connectivity index (χ0n) is 16.5. The van der Waals surface area contributed by atoms with Gasteiger partial charge in [-0.3, -0.25) is 9.59 Å². The Hall–Kier alpha value is -2.93. The van der Waals surface area contributed by atoms with Gasteiger partial charge in [0.1, 0.15) is 23.8 Å². The molecule has 0 radical (unpaired) electrons. The molecule has 0 saturated carbocycles. The molecule has 1 aromatic carbocycles. The molecular weight excluding hydrogens is 390 g/mol. The lowest BCUT2D eigenvalue weighted by Gasteiger charge is -2.06. The van der Waals surface area contributed by atoms with Crippen LogP contribution in [0, 0.1) is 6.92 Å². The first-order valence-electron chi connectivity index (χ1n) is 9.48. The lowest BCUT2D eigenvalue weighted by atomic mass is 10.1. The average molecular weight is 413 g/mol. The molecule has 3 aromatic rings. The van der Waals surface area contributed by atoms with Crippen LogP contribution >= 0.6 is 11.3 Å². The SMILES string of the molecule is CCCOc1ccc(C(=O)CCC(=O)OCc2nc(-c3cccs3)oc2C)cc1. The van der Waals surface area contributed by atoms with Gasteiger partial charge in [-0.1, -0.05) is 13.0 Å². The van der Waals surface area contributed by atoms with Gasteiger partial charge in [-0.25, -0.2) is 4.98 Å². The molecule has 0 aliphatic rings. The lowest BCUT2D eigenvalue weighted by Crippen LogP contribution is -2.09. The molecule has 0 N–H and O–H groups in total. The minimum absolute atomic E-state index is 0.0155. The predicted molar refractivity (Wildman–Crippen MR) is 110 cm³/mol. The van der Waals surface area contributed by atoms with Crippen LogP contribution in [0.15, 0.2) is 46.2 Å². The molecule has 3 rings (SSSR count). The molecule has 29 heavy (non-hydrogen) atoms. The molecule has 0 atom stereocenters. The summed E-state index contributed by atoms with van der Waals surface area (Å²) in [5.74, 6) is 1.31. The number of ether oxygens (including phenoxy) is 2. The average Bonchev–Trinajstić information content (AvgIpc) is 3.39. The summed E-state index contributed by atoms with van der Waals surface area (Å²) in [5, 5.41) is 1.94. The Bertz CT molecular complexity index is 944. The van der Waals surface area contributed by atoms with Crippen molar-refractivity contribution in [1.29, 1.82) is 0 Å². The first kappa shape index (κ1) is 20.8. The van der Waals surface area contributed by atoms with Gasteiger partial charge in [-0.15, -0.1) is 11.3 Å². The highest BCUT2D eigenvalue weighted by molar-refractivity contribution is 7.13. The van der Waals surface area contributed by atoms with Gasteiger partial charge in [-0.05, 0) is 49.1 Å². The van der Waals surface area contributed by atoms with E-state index in [1.165, 1.54) is 11.3 Å². The molecule has 0 fully saturated rings. The first-order valence-corrected chi connectivity index (χ1v) is 10.4. The van der Waals surface area contributed by atoms with Gasteiger partial charge < -0.3 is 13.9 Å². The number of benzene rings is 1. The predicted octanol–water partition coefficient (Wildman–Crippen LogP) is 5.21. The minimum atomic E-state index is -0.443. The molecule has 6 nitrogen and oxygen atoms in total. The van der Waals surface area contributed by atoms with E-state index in [-0.39, 0.29) is 25.2 Å². The van der Waals surface area contributed by atoms with Crippen molar-refractivity contribution in [1.82, 2.24) is 4.98 Å². The smallest absolute Gasteiger partial charge is 0.306 e. The molecule has 0 unspecified atom stereocenters. The Balaban J connectivity index is 1.46. The summed E-state index contributed by atoms with van der Waals surface area (Å²) < 4.78 is 16.4. The number of aryl methyl sites for hydroxylation is 1. The normalized spacial score (nSPS) is 10.7. The number of carbonyl (C=O) groups excluding carboxylic acids is 2. The van der Waals surface area contributed by atoms with E-state index in [9.17, 15) is 9.59 Å². The third-order valence-corrected chi connectivity index (χ3v) is 5.06. The topological polar surface area (TPSA) is 78.6 Å². The second-order valence-corrected chi connectivity index (χ2v) is 7.40. The van der Waals surface area contributed by atoms with Crippen molar-refractivity contribution in [3.8, 4) is 16.5 Å². The van der Waals surface area contributed by atoms with Gasteiger partial charge in [0, 0.05) is 12.0 Å². The van der Waals surface area contributed by atoms with E-state index in [0.29, 0.717) is 29.5 Å². The number of nitrogens with zero attached hydrogens (tertiary/aromatic N) is 1. The maximum Gasteiger partial charge on any atom is 0.306 e. The number of hydrogen-bond donors (Lipinski definition) is 0. The Morgan fingerprint density at radius 1 is 1.14 bits per heavy atom. The quantitative estimate of drug-likeness (QED) is 0.335. The summed E-state index contributed by atoms with van der Waals surface area (Å²) in [5.41, 5.74) is 1.13. The molecule has 0 aliphatic carbocycles. The fourth-order valence-electron chi connectivity index (χ4n) is 2.61. The highest BCUT2D eigenvalue weighted by Gasteiger charge is 2.15. The van der Waals surface area contributed by atoms with Crippen LogP contribution in [0.2, 0.25) is 0 Å². The van der Waals surface area contributed by atoms with Crippen molar-refractivity contribution in [3.63, 3.8) is 0 Å². The number of thiophene rings is 1. The summed E-state index contributed by atoms with van der Waals surface area (Å²) in [7, 11) is 0. The summed E-state index contributed by atoms with van der Waals surface area (Å²) in [6.07, 6.45) is 1.03. The van der Waals surface area contributed by atoms with Crippen LogP contribution in [0.25, 0.3) is 10.8 Å². The van der Waals surface area contributed by atoms with E-state index in [2.05, 4.69) is 4.98 Å². The largest absolute Gasteiger partial charge is 0.494 e. The number of esters is 1. The number of aromatic nitrogens is 1. The fraction of sp³-hybridized carbons (Fsp3) is 0.318. The molecule has 2 aromatic heterocycles.